The molecule has 0 rings (SSSR count). The van der Waals surface area contributed by atoms with Gasteiger partial charge in [-0.3, -0.25) is 0 Å². The molecule has 0 aromatic carbocycles. The lowest BCUT2D eigenvalue weighted by atomic mass is 10.0. The fourth-order valence-electron chi connectivity index (χ4n) is 0.576. The SMILES string of the molecule is CC(C)(F)CC(O)C(F)(F)F. The average Bonchev–Trinajstić information content (AvgIpc) is 1.56. The van der Waals surface area contributed by atoms with Crippen molar-refractivity contribution < 1.29 is 22.7 Å². The molecule has 0 saturated carbocycles. The first-order chi connectivity index (χ1) is 4.63. The maximum absolute atomic E-state index is 12.5. The highest BCUT2D eigenvalue weighted by molar-refractivity contribution is 4.76. The fraction of sp³-hybridized carbons (Fsp3) is 1.00. The maximum atomic E-state index is 12.5. The van der Waals surface area contributed by atoms with Crippen LogP contribution in [0.15, 0.2) is 0 Å². The van der Waals surface area contributed by atoms with Crippen LogP contribution in [0.2, 0.25) is 0 Å². The maximum Gasteiger partial charge on any atom is 0.414 e. The molecule has 0 fully saturated rings. The Labute approximate surface area is 62.0 Å². The Morgan fingerprint density at radius 1 is 1.18 bits per heavy atom. The number of alkyl halides is 4. The second-order valence-corrected chi connectivity index (χ2v) is 2.98. The molecule has 1 nitrogen and oxygen atoms in total. The predicted molar refractivity (Wildman–Crippen MR) is 31.9 cm³/mol. The monoisotopic (exact) mass is 174 g/mol. The molecule has 1 unspecified atom stereocenters. The fourth-order valence-corrected chi connectivity index (χ4v) is 0.576. The molecule has 1 atom stereocenters. The van der Waals surface area contributed by atoms with Crippen molar-refractivity contribution in [3.8, 4) is 0 Å². The third-order valence-corrected chi connectivity index (χ3v) is 1.06. The van der Waals surface area contributed by atoms with Gasteiger partial charge < -0.3 is 5.11 Å². The summed E-state index contributed by atoms with van der Waals surface area (Å²) in [6, 6.07) is 0. The molecular formula is C6H10F4O. The molecule has 0 aliphatic carbocycles. The molecule has 0 aliphatic heterocycles. The van der Waals surface area contributed by atoms with Crippen LogP contribution >= 0.6 is 0 Å². The third-order valence-electron chi connectivity index (χ3n) is 1.06. The van der Waals surface area contributed by atoms with E-state index in [2.05, 4.69) is 0 Å². The van der Waals surface area contributed by atoms with Crippen molar-refractivity contribution in [3.63, 3.8) is 0 Å². The van der Waals surface area contributed by atoms with Crippen molar-refractivity contribution in [1.82, 2.24) is 0 Å². The van der Waals surface area contributed by atoms with E-state index < -0.39 is 24.4 Å². The van der Waals surface area contributed by atoms with Crippen LogP contribution in [0.3, 0.4) is 0 Å². The average molecular weight is 174 g/mol. The Kier molecular flexibility index (Phi) is 2.88. The van der Waals surface area contributed by atoms with E-state index in [1.165, 1.54) is 0 Å². The van der Waals surface area contributed by atoms with Crippen LogP contribution < -0.4 is 0 Å². The van der Waals surface area contributed by atoms with Gasteiger partial charge in [0.05, 0.1) is 0 Å². The summed E-state index contributed by atoms with van der Waals surface area (Å²) in [4.78, 5) is 0. The van der Waals surface area contributed by atoms with Gasteiger partial charge in [0.1, 0.15) is 5.67 Å². The Hall–Kier alpha value is -0.320. The summed E-state index contributed by atoms with van der Waals surface area (Å²) in [5, 5.41) is 8.36. The number of aliphatic hydroxyl groups is 1. The van der Waals surface area contributed by atoms with Crippen LogP contribution in [0.5, 0.6) is 0 Å². The Bertz CT molecular complexity index is 124. The summed E-state index contributed by atoms with van der Waals surface area (Å²) < 4.78 is 47.2. The summed E-state index contributed by atoms with van der Waals surface area (Å²) in [6.45, 7) is 1.98. The van der Waals surface area contributed by atoms with Crippen LogP contribution in [0.25, 0.3) is 0 Å². The van der Waals surface area contributed by atoms with Gasteiger partial charge in [-0.1, -0.05) is 0 Å². The van der Waals surface area contributed by atoms with Crippen molar-refractivity contribution >= 4 is 0 Å². The molecule has 0 heterocycles. The summed E-state index contributed by atoms with van der Waals surface area (Å²) in [5.41, 5.74) is -1.99. The van der Waals surface area contributed by atoms with E-state index in [0.29, 0.717) is 0 Å². The molecule has 5 heteroatoms. The Balaban J connectivity index is 3.99. The minimum absolute atomic E-state index is 0.920. The molecule has 0 saturated heterocycles. The summed E-state index contributed by atoms with van der Waals surface area (Å²) in [6.07, 6.45) is -8.21. The summed E-state index contributed by atoms with van der Waals surface area (Å²) in [5.74, 6) is 0. The highest BCUT2D eigenvalue weighted by Crippen LogP contribution is 2.27. The van der Waals surface area contributed by atoms with E-state index in [-0.39, 0.29) is 0 Å². The van der Waals surface area contributed by atoms with E-state index >= 15 is 0 Å². The molecule has 0 amide bonds. The molecule has 0 aromatic rings. The second kappa shape index (κ2) is 2.97. The highest BCUT2D eigenvalue weighted by Gasteiger charge is 2.41. The number of hydrogen-bond acceptors (Lipinski definition) is 1. The lowest BCUT2D eigenvalue weighted by Gasteiger charge is -2.20. The highest BCUT2D eigenvalue weighted by atomic mass is 19.4. The molecule has 11 heavy (non-hydrogen) atoms. The predicted octanol–water partition coefficient (Wildman–Crippen LogP) is 2.05. The number of hydrogen-bond donors (Lipinski definition) is 1. The molecule has 0 bridgehead atoms. The van der Waals surface area contributed by atoms with E-state index in [1.807, 2.05) is 0 Å². The van der Waals surface area contributed by atoms with Crippen LogP contribution in [-0.2, 0) is 0 Å². The minimum Gasteiger partial charge on any atom is -0.384 e. The second-order valence-electron chi connectivity index (χ2n) is 2.98. The standard InChI is InChI=1S/C6H10F4O/c1-5(2,7)3-4(11)6(8,9)10/h4,11H,3H2,1-2H3. The van der Waals surface area contributed by atoms with Gasteiger partial charge in [0.2, 0.25) is 0 Å². The van der Waals surface area contributed by atoms with E-state index in [4.69, 9.17) is 5.11 Å². The first kappa shape index (κ1) is 10.7. The topological polar surface area (TPSA) is 20.2 Å². The van der Waals surface area contributed by atoms with E-state index in [9.17, 15) is 17.6 Å². The molecule has 0 radical (unpaired) electrons. The molecule has 1 N–H and O–H groups in total. The molecule has 0 spiro atoms. The first-order valence-electron chi connectivity index (χ1n) is 3.06. The van der Waals surface area contributed by atoms with Crippen LogP contribution in [-0.4, -0.2) is 23.1 Å². The minimum atomic E-state index is -4.72. The van der Waals surface area contributed by atoms with E-state index in [1.54, 1.807) is 0 Å². The number of halogens is 4. The molecule has 0 aromatic heterocycles. The van der Waals surface area contributed by atoms with Crippen LogP contribution in [0.4, 0.5) is 17.6 Å². The molecule has 68 valence electrons. The number of aliphatic hydroxyl groups excluding tert-OH is 1. The van der Waals surface area contributed by atoms with Crippen LogP contribution in [0, 0.1) is 0 Å². The molecule has 0 aliphatic rings. The van der Waals surface area contributed by atoms with Gasteiger partial charge in [0.15, 0.2) is 6.10 Å². The van der Waals surface area contributed by atoms with Gasteiger partial charge in [-0.25, -0.2) is 4.39 Å². The van der Waals surface area contributed by atoms with Crippen molar-refractivity contribution in [3.05, 3.63) is 0 Å². The van der Waals surface area contributed by atoms with Gasteiger partial charge in [0.25, 0.3) is 0 Å². The normalized spacial score (nSPS) is 16.6. The molecular weight excluding hydrogens is 164 g/mol. The van der Waals surface area contributed by atoms with E-state index in [0.717, 1.165) is 13.8 Å². The lowest BCUT2D eigenvalue weighted by Crippen LogP contribution is -2.34. The largest absolute Gasteiger partial charge is 0.414 e. The van der Waals surface area contributed by atoms with Crippen molar-refractivity contribution in [2.24, 2.45) is 0 Å². The smallest absolute Gasteiger partial charge is 0.384 e. The van der Waals surface area contributed by atoms with Crippen molar-refractivity contribution in [1.29, 1.82) is 0 Å². The van der Waals surface area contributed by atoms with Crippen molar-refractivity contribution in [2.75, 3.05) is 0 Å². The van der Waals surface area contributed by atoms with Gasteiger partial charge in [-0.05, 0) is 13.8 Å². The van der Waals surface area contributed by atoms with Gasteiger partial charge in [-0.2, -0.15) is 13.2 Å². The summed E-state index contributed by atoms with van der Waals surface area (Å²) >= 11 is 0. The zero-order valence-corrected chi connectivity index (χ0v) is 6.24. The van der Waals surface area contributed by atoms with Gasteiger partial charge >= 0.3 is 6.18 Å². The third kappa shape index (κ3) is 5.01. The zero-order chi connectivity index (χ0) is 9.28. The Morgan fingerprint density at radius 2 is 1.55 bits per heavy atom. The Morgan fingerprint density at radius 3 is 1.64 bits per heavy atom. The lowest BCUT2D eigenvalue weighted by molar-refractivity contribution is -0.212. The van der Waals surface area contributed by atoms with Crippen molar-refractivity contribution in [2.45, 2.75) is 38.2 Å². The van der Waals surface area contributed by atoms with Gasteiger partial charge in [0, 0.05) is 6.42 Å². The first-order valence-corrected chi connectivity index (χ1v) is 3.06. The quantitative estimate of drug-likeness (QED) is 0.635. The van der Waals surface area contributed by atoms with Crippen LogP contribution in [0.1, 0.15) is 20.3 Å². The summed E-state index contributed by atoms with van der Waals surface area (Å²) in [7, 11) is 0. The number of rotatable bonds is 2. The van der Waals surface area contributed by atoms with Gasteiger partial charge in [-0.15, -0.1) is 0 Å². The zero-order valence-electron chi connectivity index (χ0n) is 6.24.